The largest absolute Gasteiger partial charge is 0.480 e. The Hall–Kier alpha value is -0.570. The zero-order valence-corrected chi connectivity index (χ0v) is 9.99. The maximum Gasteiger partial charge on any atom is 0.320 e. The summed E-state index contributed by atoms with van der Waals surface area (Å²) in [6.45, 7) is 6.36. The Balaban J connectivity index is 2.40. The smallest absolute Gasteiger partial charge is 0.320 e. The van der Waals surface area contributed by atoms with Crippen molar-refractivity contribution in [2.45, 2.75) is 58.5 Å². The number of hydrogen-bond donors (Lipinski definition) is 2. The van der Waals surface area contributed by atoms with E-state index in [1.54, 1.807) is 0 Å². The maximum absolute atomic E-state index is 11.0. The fourth-order valence-electron chi connectivity index (χ4n) is 2.35. The molecule has 3 atom stereocenters. The van der Waals surface area contributed by atoms with E-state index in [4.69, 9.17) is 5.11 Å². The van der Waals surface area contributed by atoms with Gasteiger partial charge in [0.05, 0.1) is 0 Å². The minimum atomic E-state index is -0.705. The van der Waals surface area contributed by atoms with Gasteiger partial charge in [0, 0.05) is 6.04 Å². The summed E-state index contributed by atoms with van der Waals surface area (Å²) < 4.78 is 0. The Morgan fingerprint density at radius 2 is 2.13 bits per heavy atom. The molecule has 2 N–H and O–H groups in total. The van der Waals surface area contributed by atoms with Gasteiger partial charge < -0.3 is 10.4 Å². The van der Waals surface area contributed by atoms with Crippen LogP contribution in [-0.4, -0.2) is 23.2 Å². The van der Waals surface area contributed by atoms with Crippen LogP contribution < -0.4 is 5.32 Å². The topological polar surface area (TPSA) is 49.3 Å². The summed E-state index contributed by atoms with van der Waals surface area (Å²) in [6.07, 6.45) is 4.21. The molecule has 88 valence electrons. The van der Waals surface area contributed by atoms with Gasteiger partial charge >= 0.3 is 5.97 Å². The molecule has 0 bridgehead atoms. The van der Waals surface area contributed by atoms with Gasteiger partial charge in [-0.25, -0.2) is 0 Å². The summed E-state index contributed by atoms with van der Waals surface area (Å²) in [6, 6.07) is 0.0557. The second-order valence-corrected chi connectivity index (χ2v) is 5.30. The fourth-order valence-corrected chi connectivity index (χ4v) is 2.35. The van der Waals surface area contributed by atoms with Crippen LogP contribution in [0.4, 0.5) is 0 Å². The summed E-state index contributed by atoms with van der Waals surface area (Å²) in [5.74, 6) is 0.469. The molecular formula is C12H23NO2. The number of carboxylic acids is 1. The first-order chi connectivity index (χ1) is 6.99. The van der Waals surface area contributed by atoms with Crippen molar-refractivity contribution in [2.24, 2.45) is 11.8 Å². The first kappa shape index (κ1) is 12.5. The first-order valence-corrected chi connectivity index (χ1v) is 5.98. The molecule has 0 amide bonds. The number of carboxylic acid groups (broad SMARTS) is 1. The lowest BCUT2D eigenvalue weighted by Gasteiger charge is -2.21. The Morgan fingerprint density at radius 1 is 1.47 bits per heavy atom. The van der Waals surface area contributed by atoms with Gasteiger partial charge in [-0.05, 0) is 37.5 Å². The van der Waals surface area contributed by atoms with E-state index in [-0.39, 0.29) is 6.04 Å². The average Bonchev–Trinajstić information content (AvgIpc) is 2.49. The third-order valence-electron chi connectivity index (χ3n) is 3.14. The van der Waals surface area contributed by atoms with E-state index in [2.05, 4.69) is 26.1 Å². The van der Waals surface area contributed by atoms with E-state index in [0.29, 0.717) is 12.0 Å². The van der Waals surface area contributed by atoms with Crippen LogP contribution in [0.1, 0.15) is 46.5 Å². The highest BCUT2D eigenvalue weighted by Gasteiger charge is 2.27. The van der Waals surface area contributed by atoms with E-state index < -0.39 is 5.97 Å². The second-order valence-electron chi connectivity index (χ2n) is 5.30. The third kappa shape index (κ3) is 4.20. The molecule has 1 aliphatic carbocycles. The molecule has 1 saturated carbocycles. The zero-order chi connectivity index (χ0) is 11.4. The molecule has 0 spiro atoms. The van der Waals surface area contributed by atoms with Crippen molar-refractivity contribution in [3.63, 3.8) is 0 Å². The zero-order valence-electron chi connectivity index (χ0n) is 9.99. The number of rotatable bonds is 5. The summed E-state index contributed by atoms with van der Waals surface area (Å²) in [5.41, 5.74) is 0. The quantitative estimate of drug-likeness (QED) is 0.736. The van der Waals surface area contributed by atoms with Crippen LogP contribution in [0.3, 0.4) is 0 Å². The van der Waals surface area contributed by atoms with Gasteiger partial charge in [-0.15, -0.1) is 0 Å². The molecule has 0 heterocycles. The molecular weight excluding hydrogens is 190 g/mol. The van der Waals surface area contributed by atoms with Crippen molar-refractivity contribution in [1.82, 2.24) is 5.32 Å². The van der Waals surface area contributed by atoms with Gasteiger partial charge in [0.15, 0.2) is 0 Å². The molecule has 1 rings (SSSR count). The number of hydrogen-bond acceptors (Lipinski definition) is 2. The lowest BCUT2D eigenvalue weighted by molar-refractivity contribution is -0.140. The van der Waals surface area contributed by atoms with Gasteiger partial charge in [0.1, 0.15) is 6.04 Å². The second kappa shape index (κ2) is 5.50. The predicted octanol–water partition coefficient (Wildman–Crippen LogP) is 2.26. The van der Waals surface area contributed by atoms with Crippen molar-refractivity contribution in [2.75, 3.05) is 0 Å². The van der Waals surface area contributed by atoms with Crippen LogP contribution in [0.5, 0.6) is 0 Å². The Bertz CT molecular complexity index is 216. The molecule has 0 radical (unpaired) electrons. The van der Waals surface area contributed by atoms with Crippen LogP contribution >= 0.6 is 0 Å². The summed E-state index contributed by atoms with van der Waals surface area (Å²) in [4.78, 5) is 11.0. The van der Waals surface area contributed by atoms with Gasteiger partial charge in [-0.3, -0.25) is 4.79 Å². The van der Waals surface area contributed by atoms with Crippen LogP contribution in [-0.2, 0) is 4.79 Å². The van der Waals surface area contributed by atoms with E-state index in [0.717, 1.165) is 25.2 Å². The summed E-state index contributed by atoms with van der Waals surface area (Å²) >= 11 is 0. The lowest BCUT2D eigenvalue weighted by atomic mass is 10.0. The van der Waals surface area contributed by atoms with Crippen LogP contribution in [0.25, 0.3) is 0 Å². The maximum atomic E-state index is 11.0. The van der Waals surface area contributed by atoms with Crippen LogP contribution in [0, 0.1) is 11.8 Å². The van der Waals surface area contributed by atoms with Crippen molar-refractivity contribution in [1.29, 1.82) is 0 Å². The summed E-state index contributed by atoms with van der Waals surface area (Å²) in [5, 5.41) is 12.4. The minimum Gasteiger partial charge on any atom is -0.480 e. The van der Waals surface area contributed by atoms with Gasteiger partial charge in [0.25, 0.3) is 0 Å². The van der Waals surface area contributed by atoms with Crippen molar-refractivity contribution in [3.05, 3.63) is 0 Å². The standard InChI is InChI=1S/C12H23NO2/c1-8(2)6-11(12(14)15)13-10-5-4-9(3)7-10/h8-11,13H,4-7H2,1-3H3,(H,14,15). The third-order valence-corrected chi connectivity index (χ3v) is 3.14. The monoisotopic (exact) mass is 213 g/mol. The van der Waals surface area contributed by atoms with E-state index in [9.17, 15) is 4.79 Å². The highest BCUT2D eigenvalue weighted by atomic mass is 16.4. The predicted molar refractivity (Wildman–Crippen MR) is 60.8 cm³/mol. The van der Waals surface area contributed by atoms with Gasteiger partial charge in [0.2, 0.25) is 0 Å². The molecule has 3 unspecified atom stereocenters. The minimum absolute atomic E-state index is 0.361. The molecule has 3 heteroatoms. The summed E-state index contributed by atoms with van der Waals surface area (Å²) in [7, 11) is 0. The van der Waals surface area contributed by atoms with E-state index >= 15 is 0 Å². The Labute approximate surface area is 92.3 Å². The van der Waals surface area contributed by atoms with Crippen molar-refractivity contribution in [3.8, 4) is 0 Å². The molecule has 0 aromatic carbocycles. The molecule has 0 aliphatic heterocycles. The van der Waals surface area contributed by atoms with Crippen LogP contribution in [0.2, 0.25) is 0 Å². The Morgan fingerprint density at radius 3 is 2.53 bits per heavy atom. The molecule has 0 saturated heterocycles. The van der Waals surface area contributed by atoms with Crippen molar-refractivity contribution < 1.29 is 9.90 Å². The van der Waals surface area contributed by atoms with Crippen molar-refractivity contribution >= 4 is 5.97 Å². The van der Waals surface area contributed by atoms with E-state index in [1.165, 1.54) is 6.42 Å². The van der Waals surface area contributed by atoms with E-state index in [1.807, 2.05) is 0 Å². The first-order valence-electron chi connectivity index (χ1n) is 5.98. The number of nitrogens with one attached hydrogen (secondary N) is 1. The molecule has 15 heavy (non-hydrogen) atoms. The number of carbonyl (C=O) groups is 1. The van der Waals surface area contributed by atoms with Gasteiger partial charge in [-0.2, -0.15) is 0 Å². The van der Waals surface area contributed by atoms with Gasteiger partial charge in [-0.1, -0.05) is 20.8 Å². The molecule has 3 nitrogen and oxygen atoms in total. The average molecular weight is 213 g/mol. The normalized spacial score (nSPS) is 28.3. The highest BCUT2D eigenvalue weighted by Crippen LogP contribution is 2.25. The van der Waals surface area contributed by atoms with Crippen LogP contribution in [0.15, 0.2) is 0 Å². The molecule has 0 aromatic rings. The number of aliphatic carboxylic acids is 1. The fraction of sp³-hybridized carbons (Fsp3) is 0.917. The molecule has 1 aliphatic rings. The Kier molecular flexibility index (Phi) is 4.58. The lowest BCUT2D eigenvalue weighted by Crippen LogP contribution is -2.43. The molecule has 1 fully saturated rings. The highest BCUT2D eigenvalue weighted by molar-refractivity contribution is 5.73. The SMILES string of the molecule is CC(C)CC(NC1CCC(C)C1)C(=O)O. The molecule has 0 aromatic heterocycles.